The summed E-state index contributed by atoms with van der Waals surface area (Å²) in [7, 11) is 0. The van der Waals surface area contributed by atoms with Crippen LogP contribution < -0.4 is 5.32 Å². The third-order valence-electron chi connectivity index (χ3n) is 1.77. The number of carbonyl (C=O) groups is 1. The van der Waals surface area contributed by atoms with Crippen molar-refractivity contribution >= 4 is 5.91 Å². The molecule has 1 heterocycles. The van der Waals surface area contributed by atoms with Gasteiger partial charge in [0.15, 0.2) is 0 Å². The molecule has 15 heavy (non-hydrogen) atoms. The van der Waals surface area contributed by atoms with Gasteiger partial charge in [-0.05, 0) is 20.3 Å². The first-order valence-corrected chi connectivity index (χ1v) is 5.02. The van der Waals surface area contributed by atoms with Crippen molar-refractivity contribution < 1.29 is 13.9 Å². The molecule has 5 nitrogen and oxygen atoms in total. The van der Waals surface area contributed by atoms with E-state index in [1.165, 1.54) is 6.20 Å². The van der Waals surface area contributed by atoms with Crippen LogP contribution in [0.5, 0.6) is 0 Å². The van der Waals surface area contributed by atoms with Crippen molar-refractivity contribution in [2.45, 2.75) is 20.3 Å². The highest BCUT2D eigenvalue weighted by molar-refractivity contribution is 5.89. The molecule has 5 heteroatoms. The first-order chi connectivity index (χ1) is 7.24. The van der Waals surface area contributed by atoms with Crippen molar-refractivity contribution in [2.75, 3.05) is 19.8 Å². The van der Waals surface area contributed by atoms with Crippen LogP contribution in [-0.2, 0) is 4.74 Å². The molecule has 0 aliphatic heterocycles. The van der Waals surface area contributed by atoms with E-state index in [0.717, 1.165) is 6.42 Å². The number of carbonyl (C=O) groups excluding carboxylic acids is 1. The number of aryl methyl sites for hydroxylation is 1. The van der Waals surface area contributed by atoms with Crippen LogP contribution in [0.3, 0.4) is 0 Å². The molecule has 0 atom stereocenters. The Morgan fingerprint density at radius 1 is 1.67 bits per heavy atom. The van der Waals surface area contributed by atoms with E-state index in [4.69, 9.17) is 9.15 Å². The molecule has 0 saturated carbocycles. The normalized spacial score (nSPS) is 10.3. The lowest BCUT2D eigenvalue weighted by atomic mass is 10.4. The molecule has 0 unspecified atom stereocenters. The molecule has 1 amide bonds. The fourth-order valence-electron chi connectivity index (χ4n) is 1.06. The molecule has 0 spiro atoms. The smallest absolute Gasteiger partial charge is 0.307 e. The van der Waals surface area contributed by atoms with Gasteiger partial charge < -0.3 is 14.5 Å². The topological polar surface area (TPSA) is 64.4 Å². The second kappa shape index (κ2) is 6.19. The van der Waals surface area contributed by atoms with Crippen molar-refractivity contribution in [3.8, 4) is 0 Å². The first kappa shape index (κ1) is 11.7. The number of hydrogen-bond donors (Lipinski definition) is 1. The molecule has 84 valence electrons. The van der Waals surface area contributed by atoms with Crippen LogP contribution in [-0.4, -0.2) is 30.6 Å². The number of aromatic nitrogens is 1. The van der Waals surface area contributed by atoms with E-state index >= 15 is 0 Å². The quantitative estimate of drug-likeness (QED) is 0.718. The lowest BCUT2D eigenvalue weighted by Gasteiger charge is -2.02. The Morgan fingerprint density at radius 3 is 3.07 bits per heavy atom. The summed E-state index contributed by atoms with van der Waals surface area (Å²) >= 11 is 0. The summed E-state index contributed by atoms with van der Waals surface area (Å²) in [5.41, 5.74) is 0. The molecule has 1 N–H and O–H groups in total. The molecule has 0 fully saturated rings. The highest BCUT2D eigenvalue weighted by Crippen LogP contribution is 2.00. The molecule has 1 rings (SSSR count). The largest absolute Gasteiger partial charge is 0.438 e. The van der Waals surface area contributed by atoms with Crippen molar-refractivity contribution in [3.63, 3.8) is 0 Å². The summed E-state index contributed by atoms with van der Waals surface area (Å²) in [4.78, 5) is 15.2. The molecule has 1 aromatic heterocycles. The summed E-state index contributed by atoms with van der Waals surface area (Å²) in [6.07, 6.45) is 2.31. The van der Waals surface area contributed by atoms with E-state index in [-0.39, 0.29) is 11.8 Å². The molecule has 1 aromatic rings. The van der Waals surface area contributed by atoms with Crippen LogP contribution >= 0.6 is 0 Å². The first-order valence-electron chi connectivity index (χ1n) is 5.02. The Hall–Kier alpha value is -1.36. The fourth-order valence-corrected chi connectivity index (χ4v) is 1.06. The lowest BCUT2D eigenvalue weighted by molar-refractivity contribution is 0.0908. The van der Waals surface area contributed by atoms with Gasteiger partial charge in [-0.15, -0.1) is 0 Å². The van der Waals surface area contributed by atoms with Crippen molar-refractivity contribution in [1.82, 2.24) is 10.3 Å². The number of ether oxygens (including phenoxy) is 1. The summed E-state index contributed by atoms with van der Waals surface area (Å²) < 4.78 is 10.2. The zero-order chi connectivity index (χ0) is 11.1. The van der Waals surface area contributed by atoms with Gasteiger partial charge in [0.1, 0.15) is 5.76 Å². The predicted molar refractivity (Wildman–Crippen MR) is 54.7 cm³/mol. The van der Waals surface area contributed by atoms with Gasteiger partial charge >= 0.3 is 5.91 Å². The van der Waals surface area contributed by atoms with Gasteiger partial charge in [-0.2, -0.15) is 0 Å². The third kappa shape index (κ3) is 4.12. The Bertz CT molecular complexity index is 309. The Balaban J connectivity index is 2.19. The van der Waals surface area contributed by atoms with Crippen LogP contribution in [0.2, 0.25) is 0 Å². The van der Waals surface area contributed by atoms with Crippen molar-refractivity contribution in [2.24, 2.45) is 0 Å². The third-order valence-corrected chi connectivity index (χ3v) is 1.77. The summed E-state index contributed by atoms with van der Waals surface area (Å²) in [5, 5.41) is 2.70. The van der Waals surface area contributed by atoms with Gasteiger partial charge in [0.2, 0.25) is 0 Å². The van der Waals surface area contributed by atoms with Crippen molar-refractivity contribution in [3.05, 3.63) is 17.8 Å². The number of nitrogens with one attached hydrogen (secondary N) is 1. The Kier molecular flexibility index (Phi) is 4.83. The van der Waals surface area contributed by atoms with E-state index in [0.29, 0.717) is 25.5 Å². The monoisotopic (exact) mass is 212 g/mol. The van der Waals surface area contributed by atoms with Gasteiger partial charge in [0.25, 0.3) is 5.89 Å². The standard InChI is InChI=1S/C10H16N2O3/c1-3-14-6-4-5-11-9(13)10-12-7-8(2)15-10/h7H,3-6H2,1-2H3,(H,11,13). The SMILES string of the molecule is CCOCCCNC(=O)c1ncc(C)o1. The van der Waals surface area contributed by atoms with E-state index in [2.05, 4.69) is 10.3 Å². The molecule has 0 aliphatic rings. The van der Waals surface area contributed by atoms with E-state index in [1.807, 2.05) is 6.92 Å². The highest BCUT2D eigenvalue weighted by Gasteiger charge is 2.10. The summed E-state index contributed by atoms with van der Waals surface area (Å²) in [6, 6.07) is 0. The van der Waals surface area contributed by atoms with Gasteiger partial charge in [0.05, 0.1) is 6.20 Å². The molecular formula is C10H16N2O3. The average molecular weight is 212 g/mol. The number of amides is 1. The number of oxazole rings is 1. The van der Waals surface area contributed by atoms with Crippen LogP contribution in [0.25, 0.3) is 0 Å². The van der Waals surface area contributed by atoms with E-state index in [1.54, 1.807) is 6.92 Å². The predicted octanol–water partition coefficient (Wildman–Crippen LogP) is 1.14. The summed E-state index contributed by atoms with van der Waals surface area (Å²) in [6.45, 7) is 5.61. The molecular weight excluding hydrogens is 196 g/mol. The average Bonchev–Trinajstić information content (AvgIpc) is 2.64. The molecule has 0 aromatic carbocycles. The van der Waals surface area contributed by atoms with Crippen LogP contribution in [0.4, 0.5) is 0 Å². The van der Waals surface area contributed by atoms with Crippen LogP contribution in [0.15, 0.2) is 10.6 Å². The van der Waals surface area contributed by atoms with E-state index in [9.17, 15) is 4.79 Å². The summed E-state index contributed by atoms with van der Waals surface area (Å²) in [5.74, 6) is 0.470. The minimum absolute atomic E-state index is 0.115. The fraction of sp³-hybridized carbons (Fsp3) is 0.600. The molecule has 0 aliphatic carbocycles. The maximum absolute atomic E-state index is 11.4. The number of hydrogen-bond acceptors (Lipinski definition) is 4. The van der Waals surface area contributed by atoms with Gasteiger partial charge in [-0.1, -0.05) is 0 Å². The molecule has 0 saturated heterocycles. The van der Waals surface area contributed by atoms with Crippen LogP contribution in [0, 0.1) is 6.92 Å². The zero-order valence-electron chi connectivity index (χ0n) is 9.08. The maximum atomic E-state index is 11.4. The lowest BCUT2D eigenvalue weighted by Crippen LogP contribution is -2.25. The number of nitrogens with zero attached hydrogens (tertiary/aromatic N) is 1. The second-order valence-electron chi connectivity index (χ2n) is 3.08. The van der Waals surface area contributed by atoms with Gasteiger partial charge in [-0.3, -0.25) is 4.79 Å². The zero-order valence-corrected chi connectivity index (χ0v) is 9.08. The molecule has 0 bridgehead atoms. The van der Waals surface area contributed by atoms with Crippen LogP contribution in [0.1, 0.15) is 29.8 Å². The van der Waals surface area contributed by atoms with Gasteiger partial charge in [0, 0.05) is 19.8 Å². The second-order valence-corrected chi connectivity index (χ2v) is 3.08. The van der Waals surface area contributed by atoms with Crippen molar-refractivity contribution in [1.29, 1.82) is 0 Å². The molecule has 0 radical (unpaired) electrons. The van der Waals surface area contributed by atoms with Gasteiger partial charge in [-0.25, -0.2) is 4.98 Å². The van der Waals surface area contributed by atoms with E-state index < -0.39 is 0 Å². The minimum Gasteiger partial charge on any atom is -0.438 e. The minimum atomic E-state index is -0.278. The Morgan fingerprint density at radius 2 is 2.47 bits per heavy atom. The number of rotatable bonds is 6. The Labute approximate surface area is 88.8 Å². The highest BCUT2D eigenvalue weighted by atomic mass is 16.5. The maximum Gasteiger partial charge on any atom is 0.307 e.